The first-order valence-corrected chi connectivity index (χ1v) is 8.19. The van der Waals surface area contributed by atoms with Crippen molar-refractivity contribution in [1.82, 2.24) is 9.88 Å². The Hall–Kier alpha value is -2.66. The molecule has 0 fully saturated rings. The summed E-state index contributed by atoms with van der Waals surface area (Å²) < 4.78 is 11.2. The van der Waals surface area contributed by atoms with Gasteiger partial charge in [-0.25, -0.2) is 0 Å². The Morgan fingerprint density at radius 1 is 1.28 bits per heavy atom. The molecular weight excluding hydrogens is 316 g/mol. The second-order valence-electron chi connectivity index (χ2n) is 6.20. The number of rotatable bonds is 5. The van der Waals surface area contributed by atoms with Gasteiger partial charge in [-0.1, -0.05) is 18.2 Å². The molecule has 2 heterocycles. The minimum Gasteiger partial charge on any atom is -0.451 e. The van der Waals surface area contributed by atoms with Gasteiger partial charge in [0.2, 0.25) is 0 Å². The fourth-order valence-electron chi connectivity index (χ4n) is 2.96. The molecule has 25 heavy (non-hydrogen) atoms. The summed E-state index contributed by atoms with van der Waals surface area (Å²) in [6.07, 6.45) is 1.71. The molecule has 0 aliphatic carbocycles. The fraction of sp³-hybridized carbons (Fsp3) is 0.300. The second kappa shape index (κ2) is 7.07. The number of ether oxygens (including phenoxy) is 1. The van der Waals surface area contributed by atoms with Crippen LogP contribution in [0.25, 0.3) is 11.0 Å². The topological polar surface area (TPSA) is 55.6 Å². The summed E-state index contributed by atoms with van der Waals surface area (Å²) in [5.41, 5.74) is 3.46. The number of hydrogen-bond donors (Lipinski definition) is 0. The molecule has 3 aromatic rings. The smallest absolute Gasteiger partial charge is 0.290 e. The lowest BCUT2D eigenvalue weighted by Crippen LogP contribution is -2.34. The predicted octanol–water partition coefficient (Wildman–Crippen LogP) is 3.90. The van der Waals surface area contributed by atoms with Crippen LogP contribution >= 0.6 is 0 Å². The van der Waals surface area contributed by atoms with E-state index in [0.717, 1.165) is 27.8 Å². The number of pyridine rings is 1. The number of nitrogens with zero attached hydrogens (tertiary/aromatic N) is 2. The van der Waals surface area contributed by atoms with Gasteiger partial charge in [0.25, 0.3) is 5.91 Å². The summed E-state index contributed by atoms with van der Waals surface area (Å²) in [6, 6.07) is 11.3. The van der Waals surface area contributed by atoms with Crippen molar-refractivity contribution in [1.29, 1.82) is 0 Å². The molecule has 0 N–H and O–H groups in total. The van der Waals surface area contributed by atoms with Gasteiger partial charge >= 0.3 is 0 Å². The highest BCUT2D eigenvalue weighted by Gasteiger charge is 2.28. The number of carbonyl (C=O) groups is 1. The summed E-state index contributed by atoms with van der Waals surface area (Å²) >= 11 is 0. The summed E-state index contributed by atoms with van der Waals surface area (Å²) in [4.78, 5) is 19.1. The first-order chi connectivity index (χ1) is 12.0. The number of fused-ring (bicyclic) bond motifs is 1. The molecule has 1 atom stereocenters. The van der Waals surface area contributed by atoms with E-state index < -0.39 is 0 Å². The quantitative estimate of drug-likeness (QED) is 0.708. The molecule has 3 rings (SSSR count). The number of furan rings is 1. The van der Waals surface area contributed by atoms with E-state index in [4.69, 9.17) is 9.15 Å². The van der Waals surface area contributed by atoms with Gasteiger partial charge < -0.3 is 14.1 Å². The van der Waals surface area contributed by atoms with Crippen LogP contribution in [0.15, 0.2) is 47.0 Å². The predicted molar refractivity (Wildman–Crippen MR) is 96.6 cm³/mol. The minimum absolute atomic E-state index is 0.181. The lowest BCUT2D eigenvalue weighted by Gasteiger charge is -2.26. The number of aromatic nitrogens is 1. The van der Waals surface area contributed by atoms with Crippen LogP contribution in [0.4, 0.5) is 0 Å². The van der Waals surface area contributed by atoms with E-state index in [1.807, 2.05) is 50.2 Å². The van der Waals surface area contributed by atoms with Crippen LogP contribution in [0.5, 0.6) is 0 Å². The highest BCUT2D eigenvalue weighted by atomic mass is 16.5. The molecule has 0 aliphatic rings. The molecule has 0 spiro atoms. The van der Waals surface area contributed by atoms with Crippen molar-refractivity contribution in [2.75, 3.05) is 20.8 Å². The van der Waals surface area contributed by atoms with E-state index in [2.05, 4.69) is 4.98 Å². The van der Waals surface area contributed by atoms with Crippen molar-refractivity contribution >= 4 is 16.9 Å². The number of amides is 1. The highest BCUT2D eigenvalue weighted by molar-refractivity contribution is 5.99. The van der Waals surface area contributed by atoms with Gasteiger partial charge in [0.15, 0.2) is 5.76 Å². The van der Waals surface area contributed by atoms with Crippen LogP contribution in [0.3, 0.4) is 0 Å². The van der Waals surface area contributed by atoms with Gasteiger partial charge in [0.1, 0.15) is 5.58 Å². The number of benzene rings is 1. The fourth-order valence-corrected chi connectivity index (χ4v) is 2.96. The van der Waals surface area contributed by atoms with Crippen LogP contribution < -0.4 is 0 Å². The number of methoxy groups -OCH3 is 1. The van der Waals surface area contributed by atoms with E-state index in [1.54, 1.807) is 25.3 Å². The lowest BCUT2D eigenvalue weighted by atomic mass is 10.1. The Morgan fingerprint density at radius 3 is 2.76 bits per heavy atom. The number of likely N-dealkylation sites (N-methyl/N-ethyl adjacent to an activating group) is 1. The Labute approximate surface area is 147 Å². The zero-order chi connectivity index (χ0) is 18.0. The summed E-state index contributed by atoms with van der Waals surface area (Å²) in [5.74, 6) is 0.180. The maximum absolute atomic E-state index is 13.1. The van der Waals surface area contributed by atoms with Crippen molar-refractivity contribution in [2.45, 2.75) is 19.9 Å². The molecule has 0 bridgehead atoms. The Balaban J connectivity index is 1.97. The van der Waals surface area contributed by atoms with Crippen molar-refractivity contribution in [2.24, 2.45) is 0 Å². The average molecular weight is 338 g/mol. The lowest BCUT2D eigenvalue weighted by molar-refractivity contribution is 0.0567. The zero-order valence-corrected chi connectivity index (χ0v) is 14.9. The number of carbonyl (C=O) groups excluding carboxylic acids is 1. The van der Waals surface area contributed by atoms with Gasteiger partial charge in [0.05, 0.1) is 18.3 Å². The average Bonchev–Trinajstić information content (AvgIpc) is 2.95. The van der Waals surface area contributed by atoms with Crippen molar-refractivity contribution in [3.05, 3.63) is 65.2 Å². The molecular formula is C20H22N2O3. The Bertz CT molecular complexity index is 887. The van der Waals surface area contributed by atoms with Gasteiger partial charge in [-0.3, -0.25) is 9.78 Å². The van der Waals surface area contributed by atoms with Crippen molar-refractivity contribution < 1.29 is 13.9 Å². The molecule has 0 saturated heterocycles. The van der Waals surface area contributed by atoms with E-state index in [9.17, 15) is 4.79 Å². The van der Waals surface area contributed by atoms with Gasteiger partial charge in [-0.2, -0.15) is 0 Å². The summed E-state index contributed by atoms with van der Waals surface area (Å²) in [6.45, 7) is 4.27. The molecule has 0 radical (unpaired) electrons. The van der Waals surface area contributed by atoms with Crippen molar-refractivity contribution in [3.63, 3.8) is 0 Å². The zero-order valence-electron chi connectivity index (χ0n) is 14.9. The summed E-state index contributed by atoms with van der Waals surface area (Å²) in [7, 11) is 3.36. The molecule has 2 aromatic heterocycles. The molecule has 1 amide bonds. The van der Waals surface area contributed by atoms with Gasteiger partial charge in [-0.05, 0) is 37.6 Å². The van der Waals surface area contributed by atoms with Gasteiger partial charge in [0, 0.05) is 31.3 Å². The third-order valence-electron chi connectivity index (χ3n) is 4.43. The molecule has 5 nitrogen and oxygen atoms in total. The third-order valence-corrected chi connectivity index (χ3v) is 4.43. The van der Waals surface area contributed by atoms with E-state index in [1.165, 1.54) is 0 Å². The summed E-state index contributed by atoms with van der Waals surface area (Å²) in [5, 5.41) is 0.962. The van der Waals surface area contributed by atoms with Crippen LogP contribution in [-0.2, 0) is 4.74 Å². The normalized spacial score (nSPS) is 12.3. The molecule has 5 heteroatoms. The standard InChI is InChI=1S/C20H22N2O3/c1-13-8-9-15-14(2)19(25-18(15)11-13)20(23)22(3)17(12-24-4)16-7-5-6-10-21-16/h5-11,17H,12H2,1-4H3/t17-/m1/s1. The van der Waals surface area contributed by atoms with E-state index in [-0.39, 0.29) is 11.9 Å². The molecule has 1 aromatic carbocycles. The van der Waals surface area contributed by atoms with Gasteiger partial charge in [-0.15, -0.1) is 0 Å². The maximum Gasteiger partial charge on any atom is 0.290 e. The van der Waals surface area contributed by atoms with E-state index in [0.29, 0.717) is 12.4 Å². The first kappa shape index (κ1) is 17.2. The van der Waals surface area contributed by atoms with Crippen LogP contribution in [0.2, 0.25) is 0 Å². The van der Waals surface area contributed by atoms with Crippen LogP contribution in [0, 0.1) is 13.8 Å². The number of aryl methyl sites for hydroxylation is 2. The molecule has 0 saturated carbocycles. The Morgan fingerprint density at radius 2 is 2.08 bits per heavy atom. The number of hydrogen-bond acceptors (Lipinski definition) is 4. The van der Waals surface area contributed by atoms with Crippen LogP contribution in [-0.4, -0.2) is 36.6 Å². The monoisotopic (exact) mass is 338 g/mol. The van der Waals surface area contributed by atoms with Crippen LogP contribution in [0.1, 0.15) is 33.4 Å². The molecule has 130 valence electrons. The van der Waals surface area contributed by atoms with E-state index >= 15 is 0 Å². The van der Waals surface area contributed by atoms with Crippen molar-refractivity contribution in [3.8, 4) is 0 Å². The first-order valence-electron chi connectivity index (χ1n) is 8.19. The third kappa shape index (κ3) is 3.28. The highest BCUT2D eigenvalue weighted by Crippen LogP contribution is 2.29. The molecule has 0 aliphatic heterocycles. The Kier molecular flexibility index (Phi) is 4.86. The SMILES string of the molecule is COC[C@H](c1ccccn1)N(C)C(=O)c1oc2cc(C)ccc2c1C. The minimum atomic E-state index is -0.284. The maximum atomic E-state index is 13.1. The molecule has 0 unspecified atom stereocenters. The largest absolute Gasteiger partial charge is 0.451 e. The second-order valence-corrected chi connectivity index (χ2v) is 6.20.